The van der Waals surface area contributed by atoms with Gasteiger partial charge in [-0.05, 0) is 31.6 Å². The van der Waals surface area contributed by atoms with Crippen LogP contribution in [0, 0.1) is 11.8 Å². The summed E-state index contributed by atoms with van der Waals surface area (Å²) in [6, 6.07) is 0.477. The minimum atomic E-state index is 0.0599. The summed E-state index contributed by atoms with van der Waals surface area (Å²) in [4.78, 5) is 12.3. The predicted octanol–water partition coefficient (Wildman–Crippen LogP) is 2.59. The van der Waals surface area contributed by atoms with Crippen molar-refractivity contribution in [2.75, 3.05) is 0 Å². The molecule has 2 fully saturated rings. The number of nitrogens with one attached hydrogen (secondary N) is 1. The molecule has 4 atom stereocenters. The number of carbonyl (C=O) groups excluding carboxylic acids is 1. The Labute approximate surface area is 111 Å². The average molecular weight is 252 g/mol. The standard InChI is InChI=1S/C15H28N2O/c1-11-6-5-7-12(10-11)17-15(18)13-8-3-2-4-9-14(13)16/h11-14H,2-10,16H2,1H3,(H,17,18). The molecule has 1 amide bonds. The van der Waals surface area contributed by atoms with Crippen LogP contribution in [-0.4, -0.2) is 18.0 Å². The van der Waals surface area contributed by atoms with E-state index in [9.17, 15) is 4.79 Å². The van der Waals surface area contributed by atoms with Crippen molar-refractivity contribution >= 4 is 5.91 Å². The summed E-state index contributed by atoms with van der Waals surface area (Å²) in [5.74, 6) is 1.04. The summed E-state index contributed by atoms with van der Waals surface area (Å²) in [7, 11) is 0. The molecule has 3 nitrogen and oxygen atoms in total. The number of amides is 1. The van der Waals surface area contributed by atoms with Crippen LogP contribution in [0.4, 0.5) is 0 Å². The Bertz CT molecular complexity index is 280. The molecule has 0 saturated heterocycles. The molecular formula is C15H28N2O. The lowest BCUT2D eigenvalue weighted by atomic mass is 9.86. The maximum atomic E-state index is 12.3. The van der Waals surface area contributed by atoms with E-state index in [0.717, 1.165) is 38.0 Å². The lowest BCUT2D eigenvalue weighted by molar-refractivity contribution is -0.126. The predicted molar refractivity (Wildman–Crippen MR) is 74.1 cm³/mol. The first-order valence-electron chi connectivity index (χ1n) is 7.72. The van der Waals surface area contributed by atoms with Crippen LogP contribution in [0.5, 0.6) is 0 Å². The van der Waals surface area contributed by atoms with Crippen LogP contribution in [0.3, 0.4) is 0 Å². The molecule has 0 aromatic rings. The van der Waals surface area contributed by atoms with Crippen molar-refractivity contribution in [1.82, 2.24) is 5.32 Å². The first kappa shape index (κ1) is 13.9. The maximum absolute atomic E-state index is 12.3. The van der Waals surface area contributed by atoms with Crippen LogP contribution in [0.1, 0.15) is 64.7 Å². The zero-order valence-electron chi connectivity index (χ0n) is 11.7. The van der Waals surface area contributed by atoms with Crippen molar-refractivity contribution in [2.45, 2.75) is 76.8 Å². The van der Waals surface area contributed by atoms with Crippen LogP contribution in [0.25, 0.3) is 0 Å². The van der Waals surface area contributed by atoms with Gasteiger partial charge in [0, 0.05) is 12.1 Å². The molecule has 0 heterocycles. The number of carbonyl (C=O) groups is 1. The second-order valence-electron chi connectivity index (χ2n) is 6.39. The Morgan fingerprint density at radius 3 is 2.61 bits per heavy atom. The zero-order chi connectivity index (χ0) is 13.0. The van der Waals surface area contributed by atoms with E-state index in [4.69, 9.17) is 5.73 Å². The van der Waals surface area contributed by atoms with E-state index >= 15 is 0 Å². The highest BCUT2D eigenvalue weighted by Gasteiger charge is 2.29. The molecular weight excluding hydrogens is 224 g/mol. The normalized spacial score (nSPS) is 37.9. The molecule has 0 spiro atoms. The van der Waals surface area contributed by atoms with Gasteiger partial charge < -0.3 is 11.1 Å². The zero-order valence-corrected chi connectivity index (χ0v) is 11.7. The fourth-order valence-electron chi connectivity index (χ4n) is 3.54. The van der Waals surface area contributed by atoms with E-state index in [1.54, 1.807) is 0 Å². The number of rotatable bonds is 2. The largest absolute Gasteiger partial charge is 0.353 e. The van der Waals surface area contributed by atoms with Gasteiger partial charge in [0.05, 0.1) is 5.92 Å². The lowest BCUT2D eigenvalue weighted by Crippen LogP contribution is -2.46. The molecule has 0 aromatic carbocycles. The van der Waals surface area contributed by atoms with Crippen molar-refractivity contribution < 1.29 is 4.79 Å². The Hall–Kier alpha value is -0.570. The number of hydrogen-bond donors (Lipinski definition) is 2. The Morgan fingerprint density at radius 1 is 1.06 bits per heavy atom. The lowest BCUT2D eigenvalue weighted by Gasteiger charge is -2.30. The Kier molecular flexibility index (Phi) is 5.04. The van der Waals surface area contributed by atoms with Crippen molar-refractivity contribution in [3.8, 4) is 0 Å². The van der Waals surface area contributed by atoms with Gasteiger partial charge >= 0.3 is 0 Å². The van der Waals surface area contributed by atoms with Crippen molar-refractivity contribution in [3.05, 3.63) is 0 Å². The molecule has 2 aliphatic carbocycles. The van der Waals surface area contributed by atoms with Crippen molar-refractivity contribution in [3.63, 3.8) is 0 Å². The SMILES string of the molecule is CC1CCCC(NC(=O)C2CCCCCC2N)C1. The van der Waals surface area contributed by atoms with Crippen LogP contribution in [-0.2, 0) is 4.79 Å². The average Bonchev–Trinajstić information content (AvgIpc) is 2.54. The molecule has 2 rings (SSSR count). The highest BCUT2D eigenvalue weighted by molar-refractivity contribution is 5.79. The van der Waals surface area contributed by atoms with Gasteiger partial charge in [-0.25, -0.2) is 0 Å². The van der Waals surface area contributed by atoms with Crippen LogP contribution in [0.15, 0.2) is 0 Å². The molecule has 2 saturated carbocycles. The van der Waals surface area contributed by atoms with Crippen LogP contribution >= 0.6 is 0 Å². The maximum Gasteiger partial charge on any atom is 0.224 e. The molecule has 104 valence electrons. The fourth-order valence-corrected chi connectivity index (χ4v) is 3.54. The molecule has 0 radical (unpaired) electrons. The summed E-state index contributed by atoms with van der Waals surface area (Å²) in [6.07, 6.45) is 10.4. The van der Waals surface area contributed by atoms with Gasteiger partial charge in [0.15, 0.2) is 0 Å². The topological polar surface area (TPSA) is 55.1 Å². The first-order valence-corrected chi connectivity index (χ1v) is 7.72. The molecule has 0 bridgehead atoms. The van der Waals surface area contributed by atoms with Gasteiger partial charge in [0.1, 0.15) is 0 Å². The Balaban J connectivity index is 1.85. The second-order valence-corrected chi connectivity index (χ2v) is 6.39. The minimum absolute atomic E-state index is 0.0599. The molecule has 2 aliphatic rings. The summed E-state index contributed by atoms with van der Waals surface area (Å²) in [5, 5.41) is 3.26. The van der Waals surface area contributed by atoms with Gasteiger partial charge in [-0.2, -0.15) is 0 Å². The van der Waals surface area contributed by atoms with E-state index in [0.29, 0.717) is 6.04 Å². The van der Waals surface area contributed by atoms with Crippen molar-refractivity contribution in [1.29, 1.82) is 0 Å². The van der Waals surface area contributed by atoms with E-state index in [2.05, 4.69) is 12.2 Å². The fraction of sp³-hybridized carbons (Fsp3) is 0.933. The molecule has 18 heavy (non-hydrogen) atoms. The van der Waals surface area contributed by atoms with Gasteiger partial charge in [-0.1, -0.05) is 39.0 Å². The highest BCUT2D eigenvalue weighted by atomic mass is 16.2. The third-order valence-corrected chi connectivity index (χ3v) is 4.69. The summed E-state index contributed by atoms with van der Waals surface area (Å²) in [6.45, 7) is 2.29. The minimum Gasteiger partial charge on any atom is -0.353 e. The molecule has 0 aliphatic heterocycles. The third-order valence-electron chi connectivity index (χ3n) is 4.69. The van der Waals surface area contributed by atoms with Gasteiger partial charge in [0.2, 0.25) is 5.91 Å². The van der Waals surface area contributed by atoms with E-state index in [-0.39, 0.29) is 17.9 Å². The summed E-state index contributed by atoms with van der Waals surface area (Å²) < 4.78 is 0. The first-order chi connectivity index (χ1) is 8.66. The summed E-state index contributed by atoms with van der Waals surface area (Å²) in [5.41, 5.74) is 6.15. The molecule has 4 unspecified atom stereocenters. The van der Waals surface area contributed by atoms with Gasteiger partial charge in [-0.15, -0.1) is 0 Å². The quantitative estimate of drug-likeness (QED) is 0.742. The Morgan fingerprint density at radius 2 is 1.83 bits per heavy atom. The number of nitrogens with two attached hydrogens (primary N) is 1. The molecule has 3 N–H and O–H groups in total. The van der Waals surface area contributed by atoms with Crippen LogP contribution in [0.2, 0.25) is 0 Å². The molecule has 3 heteroatoms. The highest BCUT2D eigenvalue weighted by Crippen LogP contribution is 2.26. The van der Waals surface area contributed by atoms with Crippen molar-refractivity contribution in [2.24, 2.45) is 17.6 Å². The van der Waals surface area contributed by atoms with Gasteiger partial charge in [0.25, 0.3) is 0 Å². The van der Waals surface area contributed by atoms with E-state index in [1.165, 1.54) is 25.7 Å². The van der Waals surface area contributed by atoms with E-state index in [1.807, 2.05) is 0 Å². The molecule has 0 aromatic heterocycles. The second kappa shape index (κ2) is 6.55. The monoisotopic (exact) mass is 252 g/mol. The summed E-state index contributed by atoms with van der Waals surface area (Å²) >= 11 is 0. The number of hydrogen-bond acceptors (Lipinski definition) is 2. The van der Waals surface area contributed by atoms with Gasteiger partial charge in [-0.3, -0.25) is 4.79 Å². The van der Waals surface area contributed by atoms with E-state index < -0.39 is 0 Å². The third kappa shape index (κ3) is 3.71. The smallest absolute Gasteiger partial charge is 0.224 e. The van der Waals surface area contributed by atoms with Crippen LogP contribution < -0.4 is 11.1 Å².